The number of hydrogen-bond acceptors (Lipinski definition) is 18. The number of allylic oxidation sites excluding steroid dienone is 1. The van der Waals surface area contributed by atoms with Crippen molar-refractivity contribution < 1.29 is 85.2 Å². The lowest BCUT2D eigenvalue weighted by atomic mass is 9.95. The van der Waals surface area contributed by atoms with Crippen LogP contribution >= 0.6 is 46.4 Å². The first kappa shape index (κ1) is 106. The topological polar surface area (TPSA) is 350 Å². The average Bonchev–Trinajstić information content (AvgIpc) is 1.73. The zero-order chi connectivity index (χ0) is 106. The van der Waals surface area contributed by atoms with Crippen LogP contribution in [0.25, 0.3) is 16.7 Å². The van der Waals surface area contributed by atoms with Crippen LogP contribution in [0.5, 0.6) is 23.0 Å². The Bertz CT molecular complexity index is 7350. The third-order valence-corrected chi connectivity index (χ3v) is 28.1. The van der Waals surface area contributed by atoms with Gasteiger partial charge in [-0.05, 0) is 149 Å². The molecular weight excluding hydrogens is 1990 g/mol. The van der Waals surface area contributed by atoms with E-state index < -0.39 is 104 Å². The van der Waals surface area contributed by atoms with Gasteiger partial charge in [-0.3, -0.25) is 67.1 Å². The smallest absolute Gasteiger partial charge is 0.312 e. The number of nitrogens with zero attached hydrogens (tertiary/aromatic N) is 14. The molecule has 0 saturated carbocycles. The van der Waals surface area contributed by atoms with Crippen LogP contribution in [0, 0.1) is 23.3 Å². The predicted octanol–water partition coefficient (Wildman–Crippen LogP) is 13.1. The summed E-state index contributed by atoms with van der Waals surface area (Å²) in [5.74, 6) is -9.96. The molecule has 7 aliphatic heterocycles. The monoisotopic (exact) mass is 2090 g/mol. The fraction of sp³-hybridized carbons (Fsp3) is 0.327. The van der Waals surface area contributed by atoms with E-state index in [0.717, 1.165) is 53.6 Å². The molecular formula is C107H106Cl4F4N14O18. The molecule has 1 unspecified atom stereocenters. The number of rotatable bonds is 14. The van der Waals surface area contributed by atoms with Crippen LogP contribution < -0.4 is 31.2 Å². The van der Waals surface area contributed by atoms with Crippen molar-refractivity contribution in [2.45, 2.75) is 143 Å². The summed E-state index contributed by atoms with van der Waals surface area (Å²) >= 11 is 23.6. The maximum atomic E-state index is 14.1. The maximum absolute atomic E-state index is 14.1. The summed E-state index contributed by atoms with van der Waals surface area (Å²) < 4.78 is 73.4. The Morgan fingerprint density at radius 2 is 0.660 bits per heavy atom. The number of fused-ring (bicyclic) bond motifs is 12. The summed E-state index contributed by atoms with van der Waals surface area (Å²) in [6, 6.07) is 35.8. The minimum Gasteiger partial charge on any atom is -0.503 e. The van der Waals surface area contributed by atoms with Crippen LogP contribution in [0.1, 0.15) is 172 Å². The van der Waals surface area contributed by atoms with E-state index in [1.807, 2.05) is 72.2 Å². The van der Waals surface area contributed by atoms with E-state index >= 15 is 0 Å². The molecule has 0 fully saturated rings. The number of ether oxygens (including phenoxy) is 2. The summed E-state index contributed by atoms with van der Waals surface area (Å²) in [6.07, 6.45) is 4.30. The summed E-state index contributed by atoms with van der Waals surface area (Å²) in [5.41, 5.74) is 7.28. The number of pyridine rings is 4. The van der Waals surface area contributed by atoms with Gasteiger partial charge in [0.25, 0.3) is 23.6 Å². The first-order valence-electron chi connectivity index (χ1n) is 47.4. The first-order valence-corrected chi connectivity index (χ1v) is 48.9. The lowest BCUT2D eigenvalue weighted by Crippen LogP contribution is -2.45. The number of amides is 10. The zero-order valence-electron chi connectivity index (χ0n) is 81.7. The first-order chi connectivity index (χ1) is 70.0. The number of carbonyl (C=O) groups excluding carboxylic acids is 10. The molecule has 11 heterocycles. The molecule has 1 atom stereocenters. The SMILES string of the molecule is C=C1CCCCc2c1c(=O)c(OCc1ccccc1)c1n2CCN(Cc2ccc(F)c(Cl)c2)C1=O.C=C1CCN(C(=O)C(=O)N(C)C)Cc2c1c(=O)c(O)c1n2CCN(Cc2ccc(F)c(Cl)c2)C1=O.C=C1CCN(C(=O)C(=O)N(C)C)Cc2c1c(=O)c(OCc1ccccc1)c1n2CCN(Cc2ccc(F)c(Cl)c2)C1=O.CC1CCN(C(=O)C(=O)N(C)C)Cc2c1c(=O)c(O)c1n2CCN(Cc2ccc(F)c(Cl)c2)C1=O. The fourth-order valence-corrected chi connectivity index (χ4v) is 20.0. The predicted molar refractivity (Wildman–Crippen MR) is 542 cm³/mol. The molecule has 0 saturated heterocycles. The fourth-order valence-electron chi connectivity index (χ4n) is 19.2. The quantitative estimate of drug-likeness (QED) is 0.0580. The van der Waals surface area contributed by atoms with E-state index in [0.29, 0.717) is 81.1 Å². The van der Waals surface area contributed by atoms with E-state index in [1.54, 1.807) is 31.1 Å². The molecule has 10 aromatic rings. The van der Waals surface area contributed by atoms with Crippen LogP contribution in [0.4, 0.5) is 17.6 Å². The molecule has 0 spiro atoms. The average molecular weight is 2090 g/mol. The minimum absolute atomic E-state index is 0.0132. The maximum Gasteiger partial charge on any atom is 0.312 e. The molecule has 0 radical (unpaired) electrons. The normalized spacial score (nSPS) is 15.7. The van der Waals surface area contributed by atoms with Gasteiger partial charge in [0, 0.05) is 185 Å². The van der Waals surface area contributed by atoms with E-state index in [1.165, 1.54) is 147 Å². The number of likely N-dealkylation sites (N-methyl/N-ethyl adjacent to an activating group) is 3. The highest BCUT2D eigenvalue weighted by Crippen LogP contribution is 2.40. The van der Waals surface area contributed by atoms with Gasteiger partial charge in [0.15, 0.2) is 45.8 Å². The number of aromatic hydroxyl groups is 2. The standard InChI is InChI=1S/C31H30ClFN4O5.C28H26ClFN2O3.C24H26ClFN4O5.C24H24ClFN4O5/c1-19-11-12-35(31(41)30(40)34(2)3)17-24-25(19)27(38)28(42-18-20-7-5-4-6-8-20)26-29(39)36(13-14-37(24)26)16-21-9-10-23(33)22(32)15-21;1-18-7-5-6-10-23-24(18)26(33)27(35-17-19-8-3-2-4-9-19)25-28(34)31(13-14-32(23)25)16-20-11-12-22(30)21(29)15-20;2*1-13-6-7-28(24(35)23(34)27(2)3)12-17-18(13)20(31)21(32)19-22(33)29(8-9-30(17)19)11-14-4-5-16(26)15(25)10-14/h4-10,15H,1,11-14,16-18H2,2-3H3;2-4,8-9,11-12,15H,1,5-7,10,13-14,16-17H2;4-5,10,13,32H,6-9,11-12H2,1-3H3;4-5,10,32H,1,6-9,11-12H2,2-3H3. The molecule has 2 N–H and O–H groups in total. The van der Waals surface area contributed by atoms with Crippen molar-refractivity contribution >= 4 is 122 Å². The number of benzene rings is 6. The van der Waals surface area contributed by atoms with Crippen molar-refractivity contribution in [2.24, 2.45) is 0 Å². The van der Waals surface area contributed by atoms with Gasteiger partial charge in [0.1, 0.15) is 36.5 Å². The number of carbonyl (C=O) groups is 10. The molecule has 18 rings (SSSR count). The zero-order valence-corrected chi connectivity index (χ0v) is 84.7. The second kappa shape index (κ2) is 45.0. The second-order valence-corrected chi connectivity index (χ2v) is 39.1. The van der Waals surface area contributed by atoms with Crippen LogP contribution in [-0.4, -0.2) is 225 Å². The Kier molecular flexibility index (Phi) is 32.6. The molecule has 147 heavy (non-hydrogen) atoms. The second-order valence-electron chi connectivity index (χ2n) is 37.4. The van der Waals surface area contributed by atoms with Crippen LogP contribution in [-0.2, 0) is 120 Å². The van der Waals surface area contributed by atoms with Gasteiger partial charge in [0.2, 0.25) is 21.7 Å². The largest absolute Gasteiger partial charge is 0.503 e. The summed E-state index contributed by atoms with van der Waals surface area (Å²) in [4.78, 5) is 198. The molecule has 8 aliphatic rings. The van der Waals surface area contributed by atoms with Crippen LogP contribution in [0.2, 0.25) is 20.1 Å². The Morgan fingerprint density at radius 1 is 0.361 bits per heavy atom. The van der Waals surface area contributed by atoms with Crippen molar-refractivity contribution in [3.63, 3.8) is 0 Å². The molecule has 4 aromatic heterocycles. The van der Waals surface area contributed by atoms with E-state index in [4.69, 9.17) is 55.9 Å². The number of aromatic nitrogens is 4. The van der Waals surface area contributed by atoms with Crippen LogP contribution in [0.3, 0.4) is 0 Å². The highest BCUT2D eigenvalue weighted by Gasteiger charge is 2.44. The van der Waals surface area contributed by atoms with Crippen LogP contribution in [0.15, 0.2) is 172 Å². The Balaban J connectivity index is 0.000000147. The van der Waals surface area contributed by atoms with Crippen molar-refractivity contribution in [3.05, 3.63) is 339 Å². The highest BCUT2D eigenvalue weighted by molar-refractivity contribution is 6.36. The third kappa shape index (κ3) is 22.3. The molecule has 32 nitrogen and oxygen atoms in total. The van der Waals surface area contributed by atoms with Crippen molar-refractivity contribution in [1.82, 2.24) is 67.3 Å². The minimum atomic E-state index is -0.746. The lowest BCUT2D eigenvalue weighted by Gasteiger charge is -2.34. The van der Waals surface area contributed by atoms with Gasteiger partial charge in [-0.1, -0.05) is 158 Å². The van der Waals surface area contributed by atoms with Gasteiger partial charge in [-0.25, -0.2) is 17.6 Å². The van der Waals surface area contributed by atoms with Gasteiger partial charge in [-0.2, -0.15) is 0 Å². The summed E-state index contributed by atoms with van der Waals surface area (Å²) in [6.45, 7) is 17.9. The van der Waals surface area contributed by atoms with Crippen molar-refractivity contribution in [1.29, 1.82) is 0 Å². The molecule has 10 amide bonds. The van der Waals surface area contributed by atoms with Gasteiger partial charge < -0.3 is 87.0 Å². The summed E-state index contributed by atoms with van der Waals surface area (Å²) in [7, 11) is 8.90. The molecule has 1 aliphatic carbocycles. The molecule has 0 bridgehead atoms. The van der Waals surface area contributed by atoms with E-state index in [9.17, 15) is 94.9 Å². The van der Waals surface area contributed by atoms with Gasteiger partial charge in [0.05, 0.1) is 39.7 Å². The number of hydrogen-bond donors (Lipinski definition) is 2. The van der Waals surface area contributed by atoms with Crippen molar-refractivity contribution in [2.75, 3.05) is 88.1 Å². The summed E-state index contributed by atoms with van der Waals surface area (Å²) in [5, 5.41) is 21.3. The van der Waals surface area contributed by atoms with E-state index in [2.05, 4.69) is 19.7 Å². The molecule has 40 heteroatoms. The van der Waals surface area contributed by atoms with E-state index in [-0.39, 0.29) is 208 Å². The third-order valence-electron chi connectivity index (χ3n) is 27.0. The van der Waals surface area contributed by atoms with Gasteiger partial charge >= 0.3 is 35.4 Å². The Morgan fingerprint density at radius 3 is 1.02 bits per heavy atom. The molecule has 768 valence electrons. The molecule has 6 aromatic carbocycles. The Hall–Kier alpha value is -14.9. The van der Waals surface area contributed by atoms with Gasteiger partial charge in [-0.15, -0.1) is 0 Å². The van der Waals surface area contributed by atoms with Crippen molar-refractivity contribution in [3.8, 4) is 23.0 Å². The highest BCUT2D eigenvalue weighted by atomic mass is 35.5. The lowest BCUT2D eigenvalue weighted by molar-refractivity contribution is -0.150. The Labute approximate surface area is 862 Å². The number of halogens is 8.